The molecule has 4 rings (SSSR count). The van der Waals surface area contributed by atoms with Gasteiger partial charge in [0.15, 0.2) is 17.5 Å². The van der Waals surface area contributed by atoms with Crippen LogP contribution in [-0.4, -0.2) is 26.3 Å². The number of nitrogens with zero attached hydrogens (tertiary/aromatic N) is 3. The third-order valence-electron chi connectivity index (χ3n) is 4.35. The van der Waals surface area contributed by atoms with Crippen LogP contribution in [0.1, 0.15) is 19.2 Å². The van der Waals surface area contributed by atoms with Gasteiger partial charge in [-0.15, -0.1) is 0 Å². The summed E-state index contributed by atoms with van der Waals surface area (Å²) in [6.07, 6.45) is 2.63. The van der Waals surface area contributed by atoms with Crippen molar-refractivity contribution in [2.45, 2.75) is 31.7 Å². The largest absolute Gasteiger partial charge is 0.455 e. The zero-order chi connectivity index (χ0) is 20.1. The molecule has 0 amide bonds. The first-order chi connectivity index (χ1) is 14.2. The minimum Gasteiger partial charge on any atom is -0.455 e. The van der Waals surface area contributed by atoms with Crippen molar-refractivity contribution >= 4 is 28.8 Å². The molecule has 0 unspecified atom stereocenters. The van der Waals surface area contributed by atoms with Gasteiger partial charge in [0.25, 0.3) is 0 Å². The lowest BCUT2D eigenvalue weighted by molar-refractivity contribution is -0.142. The fourth-order valence-electron chi connectivity index (χ4n) is 3.02. The molecule has 7 heteroatoms. The number of carbonyl (C=O) groups excluding carboxylic acids is 1. The standard InChI is InChI=1S/C22H21N3O3S/c1-2-12-25-18-11-7-6-10-17(18)24-22(25)29-15-21(26)27-14-20-23-13-19(28-20)16-8-4-3-5-9-16/h3-11,13H,2,12,14-15H2,1H3. The second kappa shape index (κ2) is 8.96. The van der Waals surface area contributed by atoms with E-state index in [1.807, 2.05) is 54.6 Å². The van der Waals surface area contributed by atoms with Crippen molar-refractivity contribution in [1.82, 2.24) is 14.5 Å². The Morgan fingerprint density at radius 3 is 2.76 bits per heavy atom. The summed E-state index contributed by atoms with van der Waals surface area (Å²) >= 11 is 1.38. The van der Waals surface area contributed by atoms with Crippen molar-refractivity contribution < 1.29 is 13.9 Å². The van der Waals surface area contributed by atoms with E-state index in [0.717, 1.165) is 34.7 Å². The fraction of sp³-hybridized carbons (Fsp3) is 0.227. The number of aromatic nitrogens is 3. The summed E-state index contributed by atoms with van der Waals surface area (Å²) in [5.41, 5.74) is 2.95. The van der Waals surface area contributed by atoms with E-state index in [-0.39, 0.29) is 18.3 Å². The Labute approximate surface area is 172 Å². The first-order valence-electron chi connectivity index (χ1n) is 9.48. The number of imidazole rings is 1. The van der Waals surface area contributed by atoms with Crippen LogP contribution in [0.15, 0.2) is 70.4 Å². The number of para-hydroxylation sites is 2. The van der Waals surface area contributed by atoms with E-state index in [2.05, 4.69) is 21.5 Å². The second-order valence-corrected chi connectivity index (χ2v) is 7.41. The Morgan fingerprint density at radius 2 is 1.93 bits per heavy atom. The summed E-state index contributed by atoms with van der Waals surface area (Å²) in [5, 5.41) is 0.826. The first-order valence-corrected chi connectivity index (χ1v) is 10.5. The summed E-state index contributed by atoms with van der Waals surface area (Å²) in [6, 6.07) is 17.7. The van der Waals surface area contributed by atoms with Gasteiger partial charge in [-0.1, -0.05) is 61.2 Å². The number of aryl methyl sites for hydroxylation is 1. The van der Waals surface area contributed by atoms with E-state index in [0.29, 0.717) is 11.7 Å². The summed E-state index contributed by atoms with van der Waals surface area (Å²) in [6.45, 7) is 2.99. The molecule has 148 valence electrons. The molecule has 0 aliphatic rings. The number of rotatable bonds is 8. The maximum Gasteiger partial charge on any atom is 0.316 e. The van der Waals surface area contributed by atoms with E-state index in [1.54, 1.807) is 6.20 Å². The Bertz CT molecular complexity index is 1100. The van der Waals surface area contributed by atoms with E-state index in [4.69, 9.17) is 9.15 Å². The smallest absolute Gasteiger partial charge is 0.316 e. The second-order valence-electron chi connectivity index (χ2n) is 6.47. The summed E-state index contributed by atoms with van der Waals surface area (Å²) in [7, 11) is 0. The van der Waals surface area contributed by atoms with Crippen LogP contribution in [0, 0.1) is 0 Å². The Hall–Kier alpha value is -3.06. The van der Waals surface area contributed by atoms with Gasteiger partial charge in [0.05, 0.1) is 23.0 Å². The highest BCUT2D eigenvalue weighted by Crippen LogP contribution is 2.25. The van der Waals surface area contributed by atoms with Gasteiger partial charge in [0, 0.05) is 12.1 Å². The number of benzene rings is 2. The number of fused-ring (bicyclic) bond motifs is 1. The number of carbonyl (C=O) groups is 1. The van der Waals surface area contributed by atoms with Gasteiger partial charge in [-0.3, -0.25) is 4.79 Å². The third-order valence-corrected chi connectivity index (χ3v) is 5.30. The predicted octanol–water partition coefficient (Wildman–Crippen LogP) is 4.94. The zero-order valence-corrected chi connectivity index (χ0v) is 16.9. The normalized spacial score (nSPS) is 11.1. The van der Waals surface area contributed by atoms with Crippen molar-refractivity contribution in [2.24, 2.45) is 0 Å². The van der Waals surface area contributed by atoms with Gasteiger partial charge in [-0.05, 0) is 18.6 Å². The van der Waals surface area contributed by atoms with Crippen LogP contribution in [-0.2, 0) is 22.7 Å². The van der Waals surface area contributed by atoms with Crippen molar-refractivity contribution in [3.8, 4) is 11.3 Å². The molecule has 0 N–H and O–H groups in total. The molecule has 29 heavy (non-hydrogen) atoms. The van der Waals surface area contributed by atoms with Crippen LogP contribution in [0.2, 0.25) is 0 Å². The maximum absolute atomic E-state index is 12.2. The van der Waals surface area contributed by atoms with Crippen LogP contribution in [0.3, 0.4) is 0 Å². The Balaban J connectivity index is 1.35. The molecule has 0 fully saturated rings. The first kappa shape index (κ1) is 19.3. The van der Waals surface area contributed by atoms with Gasteiger partial charge in [-0.25, -0.2) is 9.97 Å². The number of hydrogen-bond acceptors (Lipinski definition) is 6. The van der Waals surface area contributed by atoms with Crippen LogP contribution in [0.4, 0.5) is 0 Å². The highest BCUT2D eigenvalue weighted by atomic mass is 32.2. The van der Waals surface area contributed by atoms with Crippen LogP contribution in [0.25, 0.3) is 22.4 Å². The molecule has 0 radical (unpaired) electrons. The topological polar surface area (TPSA) is 70.2 Å². The molecule has 6 nitrogen and oxygen atoms in total. The molecular weight excluding hydrogens is 386 g/mol. The molecule has 2 aromatic carbocycles. The summed E-state index contributed by atoms with van der Waals surface area (Å²) in [5.74, 6) is 0.878. The van der Waals surface area contributed by atoms with Gasteiger partial charge in [0.1, 0.15) is 0 Å². The van der Waals surface area contributed by atoms with E-state index in [1.165, 1.54) is 11.8 Å². The molecule has 0 spiro atoms. The van der Waals surface area contributed by atoms with E-state index >= 15 is 0 Å². The SMILES string of the molecule is CCCn1c(SCC(=O)OCc2ncc(-c3ccccc3)o2)nc2ccccc21. The monoisotopic (exact) mass is 407 g/mol. The van der Waals surface area contributed by atoms with Crippen molar-refractivity contribution in [1.29, 1.82) is 0 Å². The van der Waals surface area contributed by atoms with Gasteiger partial charge in [-0.2, -0.15) is 0 Å². The molecule has 0 aliphatic heterocycles. The van der Waals surface area contributed by atoms with Gasteiger partial charge >= 0.3 is 5.97 Å². The number of thioether (sulfide) groups is 1. The van der Waals surface area contributed by atoms with Crippen molar-refractivity contribution in [2.75, 3.05) is 5.75 Å². The molecule has 0 aliphatic carbocycles. The van der Waals surface area contributed by atoms with Gasteiger partial charge in [0.2, 0.25) is 5.89 Å². The summed E-state index contributed by atoms with van der Waals surface area (Å²) in [4.78, 5) is 21.0. The van der Waals surface area contributed by atoms with Crippen molar-refractivity contribution in [3.05, 3.63) is 66.7 Å². The van der Waals surface area contributed by atoms with E-state index < -0.39 is 0 Å². The molecule has 2 heterocycles. The lowest BCUT2D eigenvalue weighted by atomic mass is 10.2. The average Bonchev–Trinajstić information content (AvgIpc) is 3.37. The highest BCUT2D eigenvalue weighted by molar-refractivity contribution is 7.99. The lowest BCUT2D eigenvalue weighted by Gasteiger charge is -2.07. The van der Waals surface area contributed by atoms with Crippen LogP contribution >= 0.6 is 11.8 Å². The van der Waals surface area contributed by atoms with Crippen LogP contribution in [0.5, 0.6) is 0 Å². The predicted molar refractivity (Wildman–Crippen MR) is 112 cm³/mol. The average molecular weight is 407 g/mol. The minimum absolute atomic E-state index is 0.0115. The molecule has 2 aromatic heterocycles. The Kier molecular flexibility index (Phi) is 5.95. The number of oxazole rings is 1. The molecule has 0 atom stereocenters. The fourth-order valence-corrected chi connectivity index (χ4v) is 3.86. The minimum atomic E-state index is -0.329. The number of hydrogen-bond donors (Lipinski definition) is 0. The lowest BCUT2D eigenvalue weighted by Crippen LogP contribution is -2.08. The zero-order valence-electron chi connectivity index (χ0n) is 16.1. The number of ether oxygens (including phenoxy) is 1. The molecule has 0 saturated heterocycles. The highest BCUT2D eigenvalue weighted by Gasteiger charge is 2.14. The molecule has 0 bridgehead atoms. The maximum atomic E-state index is 12.2. The molecule has 4 aromatic rings. The van der Waals surface area contributed by atoms with Crippen molar-refractivity contribution in [3.63, 3.8) is 0 Å². The molecule has 0 saturated carbocycles. The van der Waals surface area contributed by atoms with E-state index in [9.17, 15) is 4.79 Å². The molecular formula is C22H21N3O3S. The quantitative estimate of drug-likeness (QED) is 0.304. The van der Waals surface area contributed by atoms with Crippen LogP contribution < -0.4 is 0 Å². The Morgan fingerprint density at radius 1 is 1.14 bits per heavy atom. The number of esters is 1. The third kappa shape index (κ3) is 4.51. The van der Waals surface area contributed by atoms with Gasteiger partial charge < -0.3 is 13.7 Å². The summed E-state index contributed by atoms with van der Waals surface area (Å²) < 4.78 is 13.1.